The molecule has 3 heteroatoms. The van der Waals surface area contributed by atoms with E-state index in [4.69, 9.17) is 12.3 Å². The first-order chi connectivity index (χ1) is 7.76. The van der Waals surface area contributed by atoms with E-state index >= 15 is 0 Å². The van der Waals surface area contributed by atoms with Crippen LogP contribution in [0.3, 0.4) is 0 Å². The second kappa shape index (κ2) is 2.14. The van der Waals surface area contributed by atoms with Crippen LogP contribution in [-0.2, 0) is 6.98 Å². The maximum atomic E-state index is 7.26. The van der Waals surface area contributed by atoms with Gasteiger partial charge in [0.2, 0.25) is 0 Å². The average molecular weight is 198 g/mol. The van der Waals surface area contributed by atoms with Crippen molar-refractivity contribution in [3.05, 3.63) is 15.9 Å². The number of nitrogens with zero attached hydrogens (tertiary/aromatic N) is 2. The molecule has 2 nitrogen and oxygen atoms in total. The maximum absolute atomic E-state index is 7.26. The molecule has 0 aliphatic heterocycles. The lowest BCUT2D eigenvalue weighted by Crippen LogP contribution is -1.91. The summed E-state index contributed by atoms with van der Waals surface area (Å²) in [4.78, 5) is 0. The molecule has 0 spiro atoms. The first-order valence-electron chi connectivity index (χ1n) is 6.56. The minimum absolute atomic E-state index is 0.256. The molecule has 1 aromatic heterocycles. The van der Waals surface area contributed by atoms with Crippen molar-refractivity contribution in [2.45, 2.75) is 13.7 Å². The zero-order valence-corrected chi connectivity index (χ0v) is 5.86. The van der Waals surface area contributed by atoms with Crippen LogP contribution in [0.25, 0.3) is 0 Å². The van der Waals surface area contributed by atoms with Crippen LogP contribution in [0.2, 0.25) is 0 Å². The molecule has 0 aromatic carbocycles. The molecule has 1 rings (SSSR count). The molecule has 1 heterocycles. The molecule has 0 fully saturated rings. The van der Waals surface area contributed by atoms with E-state index in [2.05, 4.69) is 21.0 Å². The topological polar surface area (TPSA) is 17.8 Å². The molecule has 0 bridgehead atoms. The summed E-state index contributed by atoms with van der Waals surface area (Å²) in [5, 5.41) is 3.40. The summed E-state index contributed by atoms with van der Waals surface area (Å²) in [7, 11) is 0. The lowest BCUT2D eigenvalue weighted by atomic mass is 10.4. The van der Waals surface area contributed by atoms with E-state index in [0.717, 1.165) is 0 Å². The fourth-order valence-electron chi connectivity index (χ4n) is 0.399. The molecule has 0 saturated carbocycles. The van der Waals surface area contributed by atoms with E-state index in [1.54, 1.807) is 0 Å². The fraction of sp³-hybridized carbons (Fsp3) is 0.500. The van der Waals surface area contributed by atoms with Crippen LogP contribution >= 0.6 is 15.9 Å². The molecule has 0 amide bonds. The van der Waals surface area contributed by atoms with E-state index in [1.165, 1.54) is 0 Å². The van der Waals surface area contributed by atoms with Crippen LogP contribution in [0.4, 0.5) is 0 Å². The third-order valence-corrected chi connectivity index (χ3v) is 1.58. The standard InChI is InChI=1S/C6H9BrN2/c1-4-6(7)5(2)9(3)8-4/h1-3H3/i1D3,2D3,3D3. The Bertz CT molecular complexity index is 451. The number of aromatic nitrogens is 2. The van der Waals surface area contributed by atoms with Gasteiger partial charge in [0.25, 0.3) is 0 Å². The number of aryl methyl sites for hydroxylation is 2. The van der Waals surface area contributed by atoms with Crippen molar-refractivity contribution in [2.24, 2.45) is 6.98 Å². The maximum Gasteiger partial charge on any atom is 0.0738 e. The van der Waals surface area contributed by atoms with Gasteiger partial charge in [-0.3, -0.25) is 4.68 Å². The first kappa shape index (κ1) is 1.64. The van der Waals surface area contributed by atoms with Gasteiger partial charge in [0.15, 0.2) is 0 Å². The third-order valence-electron chi connectivity index (χ3n) is 0.828. The summed E-state index contributed by atoms with van der Waals surface area (Å²) in [5.74, 6) is 0. The monoisotopic (exact) mass is 197 g/mol. The summed E-state index contributed by atoms with van der Waals surface area (Å²) in [5.41, 5.74) is -1.22. The van der Waals surface area contributed by atoms with Crippen molar-refractivity contribution < 1.29 is 12.3 Å². The Morgan fingerprint density at radius 2 is 2.56 bits per heavy atom. The lowest BCUT2D eigenvalue weighted by Gasteiger charge is -1.89. The van der Waals surface area contributed by atoms with E-state index in [-0.39, 0.29) is 9.15 Å². The fourth-order valence-corrected chi connectivity index (χ4v) is 0.646. The minimum atomic E-state index is -2.87. The van der Waals surface area contributed by atoms with Gasteiger partial charge >= 0.3 is 0 Å². The largest absolute Gasteiger partial charge is 0.272 e. The Labute approximate surface area is 75.6 Å². The molecule has 0 aliphatic rings. The van der Waals surface area contributed by atoms with Gasteiger partial charge in [-0.2, -0.15) is 5.10 Å². The Hall–Kier alpha value is -0.310. The van der Waals surface area contributed by atoms with Crippen LogP contribution in [0, 0.1) is 13.7 Å². The van der Waals surface area contributed by atoms with Gasteiger partial charge in [-0.05, 0) is 29.6 Å². The van der Waals surface area contributed by atoms with Crippen LogP contribution in [0.5, 0.6) is 0 Å². The average Bonchev–Trinajstić information content (AvgIpc) is 2.39. The van der Waals surface area contributed by atoms with Gasteiger partial charge in [-0.15, -0.1) is 0 Å². The van der Waals surface area contributed by atoms with Crippen molar-refractivity contribution in [1.82, 2.24) is 9.78 Å². The summed E-state index contributed by atoms with van der Waals surface area (Å²) in [6.45, 7) is -8.35. The van der Waals surface area contributed by atoms with E-state index in [0.29, 0.717) is 0 Å². The summed E-state index contributed by atoms with van der Waals surface area (Å²) < 4.78 is 64.9. The van der Waals surface area contributed by atoms with E-state index < -0.39 is 32.1 Å². The van der Waals surface area contributed by atoms with Gasteiger partial charge in [-0.25, -0.2) is 0 Å². The molecule has 0 atom stereocenters. The van der Waals surface area contributed by atoms with Gasteiger partial charge in [0.05, 0.1) is 10.2 Å². The molecular formula is C6H9BrN2. The summed E-state index contributed by atoms with van der Waals surface area (Å²) in [6.07, 6.45) is 0. The highest BCUT2D eigenvalue weighted by molar-refractivity contribution is 9.10. The van der Waals surface area contributed by atoms with Crippen LogP contribution < -0.4 is 0 Å². The zero-order chi connectivity index (χ0) is 14.5. The summed E-state index contributed by atoms with van der Waals surface area (Å²) in [6, 6.07) is 0. The van der Waals surface area contributed by atoms with Crippen molar-refractivity contribution >= 4 is 15.9 Å². The van der Waals surface area contributed by atoms with Crippen molar-refractivity contribution in [1.29, 1.82) is 0 Å². The van der Waals surface area contributed by atoms with Crippen LogP contribution in [0.15, 0.2) is 4.47 Å². The third kappa shape index (κ3) is 1.01. The minimum Gasteiger partial charge on any atom is -0.272 e. The Kier molecular flexibility index (Phi) is 0.390. The predicted octanol–water partition coefficient (Wildman–Crippen LogP) is 1.80. The van der Waals surface area contributed by atoms with E-state index in [9.17, 15) is 0 Å². The normalized spacial score (nSPS) is 29.2. The molecule has 50 valence electrons. The Balaban J connectivity index is 3.63. The molecule has 0 radical (unpaired) electrons. The van der Waals surface area contributed by atoms with Crippen molar-refractivity contribution in [3.63, 3.8) is 0 Å². The second-order valence-electron chi connectivity index (χ2n) is 1.42. The molecule has 1 aromatic rings. The molecule has 0 unspecified atom stereocenters. The number of hydrogen-bond donors (Lipinski definition) is 0. The second-order valence-corrected chi connectivity index (χ2v) is 2.22. The van der Waals surface area contributed by atoms with Gasteiger partial charge < -0.3 is 0 Å². The van der Waals surface area contributed by atoms with Gasteiger partial charge in [0.1, 0.15) is 0 Å². The predicted molar refractivity (Wildman–Crippen MR) is 40.4 cm³/mol. The van der Waals surface area contributed by atoms with Crippen molar-refractivity contribution in [2.75, 3.05) is 0 Å². The van der Waals surface area contributed by atoms with Crippen molar-refractivity contribution in [3.8, 4) is 0 Å². The van der Waals surface area contributed by atoms with Gasteiger partial charge in [0, 0.05) is 25.0 Å². The lowest BCUT2D eigenvalue weighted by molar-refractivity contribution is 0.731. The van der Waals surface area contributed by atoms with Gasteiger partial charge in [-0.1, -0.05) is 0 Å². The highest BCUT2D eigenvalue weighted by Crippen LogP contribution is 2.18. The Morgan fingerprint density at radius 3 is 3.00 bits per heavy atom. The molecule has 0 saturated heterocycles. The van der Waals surface area contributed by atoms with Crippen LogP contribution in [-0.4, -0.2) is 9.78 Å². The van der Waals surface area contributed by atoms with Crippen LogP contribution in [0.1, 0.15) is 23.7 Å². The highest BCUT2D eigenvalue weighted by atomic mass is 79.9. The SMILES string of the molecule is [2H]C([2H])([2H])c1nn(C([2H])([2H])[2H])c(C([2H])([2H])[2H])c1Br. The number of hydrogen-bond acceptors (Lipinski definition) is 1. The first-order valence-corrected chi connectivity index (χ1v) is 2.85. The van der Waals surface area contributed by atoms with E-state index in [1.807, 2.05) is 0 Å². The molecule has 0 N–H and O–H groups in total. The smallest absolute Gasteiger partial charge is 0.0738 e. The number of halogens is 1. The Morgan fingerprint density at radius 1 is 1.67 bits per heavy atom. The molecule has 9 heavy (non-hydrogen) atoms. The zero-order valence-electron chi connectivity index (χ0n) is 13.3. The number of rotatable bonds is 0. The molecule has 0 aliphatic carbocycles. The highest BCUT2D eigenvalue weighted by Gasteiger charge is 2.03. The summed E-state index contributed by atoms with van der Waals surface area (Å²) >= 11 is 2.81. The molecular weight excluding hydrogens is 180 g/mol. The quantitative estimate of drug-likeness (QED) is 0.621.